The lowest BCUT2D eigenvalue weighted by Gasteiger charge is -2.24. The maximum absolute atomic E-state index is 13.3. The monoisotopic (exact) mass is 572 g/mol. The van der Waals surface area contributed by atoms with Gasteiger partial charge < -0.3 is 14.8 Å². The predicted octanol–water partition coefficient (Wildman–Crippen LogP) is 7.62. The van der Waals surface area contributed by atoms with E-state index in [1.807, 2.05) is 60.8 Å². The van der Waals surface area contributed by atoms with E-state index < -0.39 is 0 Å². The molecule has 1 saturated carbocycles. The van der Waals surface area contributed by atoms with Gasteiger partial charge in [-0.25, -0.2) is 9.78 Å². The Labute approximate surface area is 247 Å². The molecule has 0 radical (unpaired) electrons. The van der Waals surface area contributed by atoms with Crippen molar-refractivity contribution in [1.82, 2.24) is 10.3 Å². The Kier molecular flexibility index (Phi) is 11.3. The van der Waals surface area contributed by atoms with Gasteiger partial charge in [0.15, 0.2) is 0 Å². The van der Waals surface area contributed by atoms with E-state index in [0.717, 1.165) is 58.8 Å². The van der Waals surface area contributed by atoms with E-state index in [1.54, 1.807) is 31.3 Å². The SMILES string of the molecule is CCOC(=O)/C(C)=C/C(C)=C\c1csc(C(Cc2ccc(OCc3ccccc3)cc2)NC(=O)C2CCCCC2)n1. The highest BCUT2D eigenvalue weighted by Gasteiger charge is 2.25. The summed E-state index contributed by atoms with van der Waals surface area (Å²) in [4.78, 5) is 30.1. The van der Waals surface area contributed by atoms with Gasteiger partial charge in [-0.05, 0) is 81.0 Å². The van der Waals surface area contributed by atoms with Crippen molar-refractivity contribution in [3.63, 3.8) is 0 Å². The summed E-state index contributed by atoms with van der Waals surface area (Å²) in [5, 5.41) is 6.18. The summed E-state index contributed by atoms with van der Waals surface area (Å²) in [7, 11) is 0. The van der Waals surface area contributed by atoms with Gasteiger partial charge in [-0.3, -0.25) is 4.79 Å². The molecular formula is C34H40N2O4S. The third-order valence-electron chi connectivity index (χ3n) is 7.16. The number of carbonyl (C=O) groups is 2. The summed E-state index contributed by atoms with van der Waals surface area (Å²) in [5.74, 6) is 0.677. The third kappa shape index (κ3) is 9.42. The van der Waals surface area contributed by atoms with E-state index in [-0.39, 0.29) is 23.8 Å². The molecule has 1 amide bonds. The zero-order valence-electron chi connectivity index (χ0n) is 24.2. The maximum Gasteiger partial charge on any atom is 0.333 e. The van der Waals surface area contributed by atoms with E-state index in [9.17, 15) is 9.59 Å². The molecule has 7 heteroatoms. The number of nitrogens with one attached hydrogen (secondary N) is 1. The van der Waals surface area contributed by atoms with E-state index in [0.29, 0.717) is 25.2 Å². The van der Waals surface area contributed by atoms with Crippen molar-refractivity contribution in [2.45, 2.75) is 71.9 Å². The van der Waals surface area contributed by atoms with Gasteiger partial charge in [-0.1, -0.05) is 61.7 Å². The molecule has 4 rings (SSSR count). The van der Waals surface area contributed by atoms with Crippen molar-refractivity contribution in [2.75, 3.05) is 6.61 Å². The summed E-state index contributed by atoms with van der Waals surface area (Å²) in [6.07, 6.45) is 9.70. The molecular weight excluding hydrogens is 532 g/mol. The molecule has 216 valence electrons. The first-order valence-electron chi connectivity index (χ1n) is 14.5. The Bertz CT molecular complexity index is 1340. The van der Waals surface area contributed by atoms with Crippen molar-refractivity contribution in [1.29, 1.82) is 0 Å². The Morgan fingerprint density at radius 1 is 1.02 bits per heavy atom. The zero-order valence-corrected chi connectivity index (χ0v) is 25.0. The standard InChI is InChI=1S/C34H40N2O4S/c1-4-39-34(38)25(3)19-24(2)20-29-23-41-33(35-29)31(36-32(37)28-13-9-6-10-14-28)21-26-15-17-30(18-16-26)40-22-27-11-7-5-8-12-27/h5,7-8,11-12,15-20,23,28,31H,4,6,9-10,13-14,21-22H2,1-3H3,(H,36,37)/b24-20-,25-19+. The molecule has 3 aromatic rings. The molecule has 1 aromatic heterocycles. The van der Waals surface area contributed by atoms with Crippen LogP contribution >= 0.6 is 11.3 Å². The van der Waals surface area contributed by atoms with Crippen LogP contribution in [0.5, 0.6) is 5.75 Å². The number of amides is 1. The number of nitrogens with zero attached hydrogens (tertiary/aromatic N) is 1. The van der Waals surface area contributed by atoms with Crippen molar-refractivity contribution >= 4 is 29.3 Å². The molecule has 0 aliphatic heterocycles. The molecule has 2 aromatic carbocycles. The topological polar surface area (TPSA) is 77.5 Å². The second-order valence-corrected chi connectivity index (χ2v) is 11.5. The van der Waals surface area contributed by atoms with Gasteiger partial charge in [0.1, 0.15) is 17.4 Å². The molecule has 1 fully saturated rings. The van der Waals surface area contributed by atoms with Crippen molar-refractivity contribution in [2.24, 2.45) is 5.92 Å². The van der Waals surface area contributed by atoms with Gasteiger partial charge in [0.2, 0.25) is 5.91 Å². The number of hydrogen-bond acceptors (Lipinski definition) is 6. The minimum absolute atomic E-state index is 0.0672. The number of ether oxygens (including phenoxy) is 2. The lowest BCUT2D eigenvalue weighted by atomic mass is 9.88. The highest BCUT2D eigenvalue weighted by molar-refractivity contribution is 7.09. The average molecular weight is 573 g/mol. The smallest absolute Gasteiger partial charge is 0.333 e. The summed E-state index contributed by atoms with van der Waals surface area (Å²) in [5.41, 5.74) is 4.48. The molecule has 0 spiro atoms. The minimum atomic E-state index is -0.318. The number of esters is 1. The van der Waals surface area contributed by atoms with Gasteiger partial charge in [-0.15, -0.1) is 11.3 Å². The van der Waals surface area contributed by atoms with Crippen LogP contribution < -0.4 is 10.1 Å². The lowest BCUT2D eigenvalue weighted by Crippen LogP contribution is -2.35. The third-order valence-corrected chi connectivity index (χ3v) is 8.14. The molecule has 1 atom stereocenters. The average Bonchev–Trinajstić information content (AvgIpc) is 3.45. The van der Waals surface area contributed by atoms with Crippen LogP contribution in [0.2, 0.25) is 0 Å². The lowest BCUT2D eigenvalue weighted by molar-refractivity contribution is -0.138. The molecule has 6 nitrogen and oxygen atoms in total. The van der Waals surface area contributed by atoms with Crippen LogP contribution in [0.25, 0.3) is 6.08 Å². The van der Waals surface area contributed by atoms with E-state index in [2.05, 4.69) is 17.4 Å². The Morgan fingerprint density at radius 2 is 1.76 bits per heavy atom. The molecule has 1 unspecified atom stereocenters. The number of rotatable bonds is 12. The molecule has 1 aliphatic carbocycles. The van der Waals surface area contributed by atoms with E-state index in [1.165, 1.54) is 6.42 Å². The van der Waals surface area contributed by atoms with Crippen LogP contribution in [-0.4, -0.2) is 23.5 Å². The van der Waals surface area contributed by atoms with Gasteiger partial charge in [-0.2, -0.15) is 0 Å². The first-order valence-corrected chi connectivity index (χ1v) is 15.3. The van der Waals surface area contributed by atoms with Crippen LogP contribution in [0.15, 0.2) is 77.2 Å². The molecule has 1 N–H and O–H groups in total. The predicted molar refractivity (Wildman–Crippen MR) is 165 cm³/mol. The fourth-order valence-electron chi connectivity index (χ4n) is 5.00. The molecule has 0 bridgehead atoms. The van der Waals surface area contributed by atoms with Crippen molar-refractivity contribution < 1.29 is 19.1 Å². The van der Waals surface area contributed by atoms with Crippen LogP contribution in [0, 0.1) is 5.92 Å². The molecule has 1 heterocycles. The fourth-order valence-corrected chi connectivity index (χ4v) is 5.83. The van der Waals surface area contributed by atoms with Crippen LogP contribution in [0.3, 0.4) is 0 Å². The summed E-state index contributed by atoms with van der Waals surface area (Å²) >= 11 is 1.54. The molecule has 41 heavy (non-hydrogen) atoms. The first-order chi connectivity index (χ1) is 19.9. The molecule has 1 aliphatic rings. The van der Waals surface area contributed by atoms with Crippen LogP contribution in [0.4, 0.5) is 0 Å². The first kappa shape index (κ1) is 30.3. The number of thiazole rings is 1. The van der Waals surface area contributed by atoms with E-state index >= 15 is 0 Å². The second kappa shape index (κ2) is 15.3. The van der Waals surface area contributed by atoms with Gasteiger partial charge >= 0.3 is 5.97 Å². The summed E-state index contributed by atoms with van der Waals surface area (Å²) in [6, 6.07) is 17.9. The largest absolute Gasteiger partial charge is 0.489 e. The summed E-state index contributed by atoms with van der Waals surface area (Å²) in [6.45, 7) is 6.34. The van der Waals surface area contributed by atoms with E-state index in [4.69, 9.17) is 14.5 Å². The normalized spacial score (nSPS) is 15.3. The Hall–Kier alpha value is -3.71. The van der Waals surface area contributed by atoms with Gasteiger partial charge in [0.25, 0.3) is 0 Å². The highest BCUT2D eigenvalue weighted by Crippen LogP contribution is 2.28. The number of aromatic nitrogens is 1. The number of hydrogen-bond donors (Lipinski definition) is 1. The van der Waals surface area contributed by atoms with Gasteiger partial charge in [0, 0.05) is 16.9 Å². The number of carbonyl (C=O) groups excluding carboxylic acids is 2. The zero-order chi connectivity index (χ0) is 29.0. The Balaban J connectivity index is 1.47. The maximum atomic E-state index is 13.3. The van der Waals surface area contributed by atoms with Crippen molar-refractivity contribution in [3.8, 4) is 5.75 Å². The highest BCUT2D eigenvalue weighted by atomic mass is 32.1. The second-order valence-electron chi connectivity index (χ2n) is 10.6. The number of benzene rings is 2. The Morgan fingerprint density at radius 3 is 2.46 bits per heavy atom. The molecule has 0 saturated heterocycles. The van der Waals surface area contributed by atoms with Gasteiger partial charge in [0.05, 0.1) is 18.3 Å². The fraction of sp³-hybridized carbons (Fsp3) is 0.382. The number of allylic oxidation sites excluding steroid dienone is 2. The van der Waals surface area contributed by atoms with Crippen LogP contribution in [0.1, 0.15) is 80.7 Å². The minimum Gasteiger partial charge on any atom is -0.489 e. The van der Waals surface area contributed by atoms with Crippen LogP contribution in [-0.2, 0) is 27.4 Å². The van der Waals surface area contributed by atoms with Crippen molar-refractivity contribution in [3.05, 3.63) is 99.0 Å². The quantitative estimate of drug-likeness (QED) is 0.137. The summed E-state index contributed by atoms with van der Waals surface area (Å²) < 4.78 is 11.0.